The van der Waals surface area contributed by atoms with Crippen molar-refractivity contribution in [1.29, 1.82) is 0 Å². The molecule has 0 aliphatic carbocycles. The van der Waals surface area contributed by atoms with Crippen molar-refractivity contribution in [1.82, 2.24) is 19.5 Å². The summed E-state index contributed by atoms with van der Waals surface area (Å²) in [5, 5.41) is 10.2. The molecule has 3 aromatic heterocycles. The Kier molecular flexibility index (Phi) is 4.79. The van der Waals surface area contributed by atoms with Crippen molar-refractivity contribution in [3.05, 3.63) is 58.2 Å². The van der Waals surface area contributed by atoms with E-state index in [4.69, 9.17) is 21.4 Å². The van der Waals surface area contributed by atoms with Gasteiger partial charge < -0.3 is 9.84 Å². The van der Waals surface area contributed by atoms with Crippen LogP contribution in [-0.4, -0.2) is 37.8 Å². The predicted molar refractivity (Wildman–Crippen MR) is 104 cm³/mol. The fourth-order valence-electron chi connectivity index (χ4n) is 3.00. The van der Waals surface area contributed by atoms with Gasteiger partial charge in [0, 0.05) is 30.5 Å². The van der Waals surface area contributed by atoms with Gasteiger partial charge in [-0.05, 0) is 37.1 Å². The Bertz CT molecular complexity index is 1170. The zero-order valence-corrected chi connectivity index (χ0v) is 15.1. The van der Waals surface area contributed by atoms with Crippen LogP contribution in [0.15, 0.2) is 47.5 Å². The van der Waals surface area contributed by atoms with Gasteiger partial charge in [0.1, 0.15) is 11.3 Å². The number of imidazole rings is 1. The number of H-pyrrole nitrogens is 1. The molecule has 138 valence electrons. The highest BCUT2D eigenvalue weighted by Gasteiger charge is 2.15. The summed E-state index contributed by atoms with van der Waals surface area (Å²) in [7, 11) is 0. The van der Waals surface area contributed by atoms with Crippen molar-refractivity contribution in [3.63, 3.8) is 0 Å². The molecule has 0 aliphatic heterocycles. The second-order valence-corrected chi connectivity index (χ2v) is 6.45. The van der Waals surface area contributed by atoms with Crippen LogP contribution >= 0.6 is 11.6 Å². The molecule has 4 rings (SSSR count). The van der Waals surface area contributed by atoms with Crippen molar-refractivity contribution in [2.24, 2.45) is 0 Å². The molecule has 0 amide bonds. The van der Waals surface area contributed by atoms with Crippen molar-refractivity contribution in [2.75, 3.05) is 13.2 Å². The third kappa shape index (κ3) is 3.27. The molecule has 1 aromatic carbocycles. The van der Waals surface area contributed by atoms with E-state index >= 15 is 0 Å². The van der Waals surface area contributed by atoms with Crippen LogP contribution in [0, 0.1) is 0 Å². The number of nitrogens with one attached hydrogen (secondary N) is 1. The molecule has 27 heavy (non-hydrogen) atoms. The highest BCUT2D eigenvalue weighted by atomic mass is 35.5. The van der Waals surface area contributed by atoms with Gasteiger partial charge in [-0.3, -0.25) is 14.5 Å². The minimum atomic E-state index is -0.316. The normalized spacial score (nSPS) is 11.3. The van der Waals surface area contributed by atoms with Gasteiger partial charge in [-0.2, -0.15) is 0 Å². The van der Waals surface area contributed by atoms with Gasteiger partial charge in [0.2, 0.25) is 0 Å². The molecule has 0 aliphatic rings. The lowest BCUT2D eigenvalue weighted by atomic mass is 10.2. The highest BCUT2D eigenvalue weighted by Crippen LogP contribution is 2.28. The molecule has 0 saturated heterocycles. The number of hydrogen-bond donors (Lipinski definition) is 2. The third-order valence-corrected chi connectivity index (χ3v) is 4.61. The van der Waals surface area contributed by atoms with E-state index in [0.29, 0.717) is 47.1 Å². The minimum absolute atomic E-state index is 0.121. The summed E-state index contributed by atoms with van der Waals surface area (Å²) in [4.78, 5) is 23.9. The van der Waals surface area contributed by atoms with Crippen LogP contribution in [0.1, 0.15) is 12.8 Å². The number of ether oxygens (including phenoxy) is 1. The number of nitrogens with zero attached hydrogens (tertiary/aromatic N) is 3. The van der Waals surface area contributed by atoms with E-state index in [1.807, 2.05) is 18.2 Å². The maximum Gasteiger partial charge on any atom is 0.332 e. The number of aromatic nitrogens is 4. The van der Waals surface area contributed by atoms with Crippen molar-refractivity contribution < 1.29 is 9.84 Å². The summed E-state index contributed by atoms with van der Waals surface area (Å²) in [5.41, 5.74) is 2.07. The lowest BCUT2D eigenvalue weighted by Gasteiger charge is -2.10. The smallest absolute Gasteiger partial charge is 0.332 e. The van der Waals surface area contributed by atoms with Gasteiger partial charge in [0.05, 0.1) is 22.8 Å². The maximum atomic E-state index is 12.6. The van der Waals surface area contributed by atoms with Crippen LogP contribution in [0.3, 0.4) is 0 Å². The number of aliphatic hydroxyl groups is 1. The summed E-state index contributed by atoms with van der Waals surface area (Å²) >= 11 is 6.29. The second-order valence-electron chi connectivity index (χ2n) is 6.05. The first-order valence-electron chi connectivity index (χ1n) is 8.57. The molecule has 0 unspecified atom stereocenters. The van der Waals surface area contributed by atoms with E-state index in [1.54, 1.807) is 24.5 Å². The number of rotatable bonds is 6. The van der Waals surface area contributed by atoms with Crippen molar-refractivity contribution in [3.8, 4) is 11.4 Å². The van der Waals surface area contributed by atoms with E-state index in [9.17, 15) is 4.79 Å². The number of aliphatic hydroxyl groups excluding tert-OH is 1. The maximum absolute atomic E-state index is 12.6. The monoisotopic (exact) mass is 384 g/mol. The van der Waals surface area contributed by atoms with E-state index in [-0.39, 0.29) is 12.3 Å². The molecule has 8 heteroatoms. The number of fused-ring (bicyclic) bond motifs is 2. The summed E-state index contributed by atoms with van der Waals surface area (Å²) in [5.74, 6) is 0.550. The van der Waals surface area contributed by atoms with Crippen LogP contribution in [-0.2, 0) is 0 Å². The van der Waals surface area contributed by atoms with E-state index < -0.39 is 0 Å². The van der Waals surface area contributed by atoms with Crippen molar-refractivity contribution in [2.45, 2.75) is 12.8 Å². The lowest BCUT2D eigenvalue weighted by molar-refractivity contribution is 0.254. The Morgan fingerprint density at radius 2 is 2.00 bits per heavy atom. The minimum Gasteiger partial charge on any atom is -0.491 e. The van der Waals surface area contributed by atoms with E-state index in [0.717, 1.165) is 10.9 Å². The molecule has 0 bridgehead atoms. The van der Waals surface area contributed by atoms with Gasteiger partial charge in [0.25, 0.3) is 0 Å². The molecule has 7 nitrogen and oxygen atoms in total. The largest absolute Gasteiger partial charge is 0.491 e. The van der Waals surface area contributed by atoms with Gasteiger partial charge in [0.15, 0.2) is 5.65 Å². The summed E-state index contributed by atoms with van der Waals surface area (Å²) in [6, 6.07) is 8.88. The molecular formula is C19H17ClN4O3. The number of aromatic amines is 1. The van der Waals surface area contributed by atoms with E-state index in [2.05, 4.69) is 15.0 Å². The quantitative estimate of drug-likeness (QED) is 0.498. The first-order chi connectivity index (χ1) is 13.2. The first kappa shape index (κ1) is 17.5. The second kappa shape index (κ2) is 7.38. The van der Waals surface area contributed by atoms with Crippen LogP contribution in [0.25, 0.3) is 27.8 Å². The number of unbranched alkanes of at least 4 members (excludes halogenated alkanes) is 1. The van der Waals surface area contributed by atoms with Gasteiger partial charge in [-0.1, -0.05) is 11.6 Å². The fraction of sp³-hybridized carbons (Fsp3) is 0.211. The highest BCUT2D eigenvalue weighted by molar-refractivity contribution is 6.35. The molecule has 0 saturated carbocycles. The first-order valence-corrected chi connectivity index (χ1v) is 8.95. The Morgan fingerprint density at radius 1 is 1.15 bits per heavy atom. The molecule has 2 N–H and O–H groups in total. The van der Waals surface area contributed by atoms with Crippen LogP contribution < -0.4 is 10.4 Å². The summed E-state index contributed by atoms with van der Waals surface area (Å²) < 4.78 is 7.36. The van der Waals surface area contributed by atoms with Crippen LogP contribution in [0.5, 0.6) is 5.75 Å². The lowest BCUT2D eigenvalue weighted by Crippen LogP contribution is -2.15. The van der Waals surface area contributed by atoms with Gasteiger partial charge in [-0.15, -0.1) is 0 Å². The zero-order valence-electron chi connectivity index (χ0n) is 14.4. The fourth-order valence-corrected chi connectivity index (χ4v) is 3.21. The molecule has 3 heterocycles. The molecule has 0 fully saturated rings. The van der Waals surface area contributed by atoms with Gasteiger partial charge in [-0.25, -0.2) is 9.78 Å². The number of hydrogen-bond acceptors (Lipinski definition) is 5. The molecular weight excluding hydrogens is 368 g/mol. The zero-order chi connectivity index (χ0) is 18.8. The Labute approximate surface area is 159 Å². The summed E-state index contributed by atoms with van der Waals surface area (Å²) in [6.45, 7) is 0.558. The molecule has 0 spiro atoms. The Balaban J connectivity index is 1.85. The average molecular weight is 385 g/mol. The molecule has 4 aromatic rings. The average Bonchev–Trinajstić information content (AvgIpc) is 3.02. The Morgan fingerprint density at radius 3 is 2.85 bits per heavy atom. The van der Waals surface area contributed by atoms with Crippen LogP contribution in [0.2, 0.25) is 5.02 Å². The Hall–Kier alpha value is -2.90. The molecule has 0 atom stereocenters. The third-order valence-electron chi connectivity index (χ3n) is 4.28. The van der Waals surface area contributed by atoms with Crippen LogP contribution in [0.4, 0.5) is 0 Å². The predicted octanol–water partition coefficient (Wildman–Crippen LogP) is 3.07. The van der Waals surface area contributed by atoms with E-state index in [1.165, 1.54) is 4.57 Å². The molecule has 0 radical (unpaired) electrons. The standard InChI is InChI=1S/C19H17ClN4O3/c20-14-5-7-21-15-4-3-12(11-13(14)15)24-17-16(27-10-2-1-9-25)6-8-22-18(17)23-19(24)26/h3-8,11,25H,1-2,9-10H2,(H,22,23,26). The van der Waals surface area contributed by atoms with Gasteiger partial charge >= 0.3 is 5.69 Å². The number of pyridine rings is 2. The topological polar surface area (TPSA) is 93.0 Å². The summed E-state index contributed by atoms with van der Waals surface area (Å²) in [6.07, 6.45) is 4.60. The number of halogens is 1. The SMILES string of the molecule is O=c1[nH]c2nccc(OCCCCO)c2n1-c1ccc2nccc(Cl)c2c1. The van der Waals surface area contributed by atoms with Crippen molar-refractivity contribution >= 4 is 33.7 Å². The number of benzene rings is 1.